The van der Waals surface area contributed by atoms with E-state index in [1.165, 1.54) is 11.3 Å². The summed E-state index contributed by atoms with van der Waals surface area (Å²) in [6.45, 7) is 0.930. The number of hydrogen-bond donors (Lipinski definition) is 2. The molecule has 12 heavy (non-hydrogen) atoms. The van der Waals surface area contributed by atoms with Gasteiger partial charge in [0.25, 0.3) is 0 Å². The highest BCUT2D eigenvalue weighted by molar-refractivity contribution is 8.13. The van der Waals surface area contributed by atoms with E-state index in [2.05, 4.69) is 40.8 Å². The third kappa shape index (κ3) is 1.32. The molecule has 0 unspecified atom stereocenters. The first kappa shape index (κ1) is 7.68. The molecule has 0 amide bonds. The molecule has 1 heterocycles. The van der Waals surface area contributed by atoms with Gasteiger partial charge in [0.1, 0.15) is 12.2 Å². The van der Waals surface area contributed by atoms with Crippen molar-refractivity contribution in [3.63, 3.8) is 0 Å². The van der Waals surface area contributed by atoms with Gasteiger partial charge in [0.05, 0.1) is 0 Å². The number of anilines is 1. The molecule has 0 radical (unpaired) electrons. The number of thioether (sulfide) groups is 1. The van der Waals surface area contributed by atoms with Crippen LogP contribution in [0.15, 0.2) is 24.3 Å². The number of rotatable bonds is 0. The van der Waals surface area contributed by atoms with E-state index in [0.29, 0.717) is 0 Å². The summed E-state index contributed by atoms with van der Waals surface area (Å²) in [6, 6.07) is 8.35. The number of nitrogens with one attached hydrogen (secondary N) is 2. The summed E-state index contributed by atoms with van der Waals surface area (Å²) in [7, 11) is 0. The Balaban J connectivity index is 2.31. The lowest BCUT2D eigenvalue weighted by Crippen LogP contribution is -2.73. The Morgan fingerprint density at radius 2 is 2.25 bits per heavy atom. The van der Waals surface area contributed by atoms with Gasteiger partial charge in [-0.25, -0.2) is 5.32 Å². The fraction of sp³-hybridized carbons (Fsp3) is 0.222. The zero-order valence-corrected chi connectivity index (χ0v) is 7.74. The topological polar surface area (TPSA) is 26.0 Å². The third-order valence-corrected chi connectivity index (χ3v) is 2.56. The Morgan fingerprint density at radius 1 is 1.42 bits per heavy atom. The van der Waals surface area contributed by atoms with Gasteiger partial charge in [-0.2, -0.15) is 0 Å². The van der Waals surface area contributed by atoms with Crippen LogP contribution in [0, 0.1) is 0 Å². The summed E-state index contributed by atoms with van der Waals surface area (Å²) in [4.78, 5) is 3.29. The molecule has 1 aromatic carbocycles. The molecule has 2 N–H and O–H groups in total. The Bertz CT molecular complexity index is 320. The second-order valence-corrected chi connectivity index (χ2v) is 3.49. The average Bonchev–Trinajstić information content (AvgIpc) is 2.17. The normalized spacial score (nSPS) is 14.6. The van der Waals surface area contributed by atoms with E-state index < -0.39 is 0 Å². The molecule has 1 aromatic rings. The molecule has 0 aliphatic carbocycles. The maximum absolute atomic E-state index is 3.32. The highest BCUT2D eigenvalue weighted by Gasteiger charge is 2.15. The lowest BCUT2D eigenvalue weighted by atomic mass is 10.1. The minimum absolute atomic E-state index is 0.930. The molecule has 1 aliphatic heterocycles. The van der Waals surface area contributed by atoms with E-state index in [1.807, 2.05) is 0 Å². The van der Waals surface area contributed by atoms with Gasteiger partial charge in [0.2, 0.25) is 0 Å². The van der Waals surface area contributed by atoms with Crippen molar-refractivity contribution in [3.05, 3.63) is 29.8 Å². The molecule has 0 spiro atoms. The number of para-hydroxylation sites is 1. The van der Waals surface area contributed by atoms with Crippen molar-refractivity contribution in [1.82, 2.24) is 0 Å². The summed E-state index contributed by atoms with van der Waals surface area (Å²) in [5.41, 5.74) is 2.55. The summed E-state index contributed by atoms with van der Waals surface area (Å²) >= 11 is 1.70. The summed E-state index contributed by atoms with van der Waals surface area (Å²) < 4.78 is 0. The molecule has 2 nitrogen and oxygen atoms in total. The van der Waals surface area contributed by atoms with Crippen molar-refractivity contribution in [2.45, 2.75) is 6.54 Å². The zero-order chi connectivity index (χ0) is 8.39. The van der Waals surface area contributed by atoms with Gasteiger partial charge in [0.15, 0.2) is 0 Å². The van der Waals surface area contributed by atoms with Gasteiger partial charge >= 0.3 is 5.17 Å². The first-order valence-corrected chi connectivity index (χ1v) is 5.12. The van der Waals surface area contributed by atoms with Crippen molar-refractivity contribution in [2.24, 2.45) is 0 Å². The van der Waals surface area contributed by atoms with Gasteiger partial charge < -0.3 is 0 Å². The molecule has 62 valence electrons. The largest absolute Gasteiger partial charge is 0.309 e. The predicted octanol–water partition coefficient (Wildman–Crippen LogP) is 0.412. The number of fused-ring (bicyclic) bond motifs is 1. The van der Waals surface area contributed by atoms with Crippen LogP contribution in [-0.2, 0) is 6.54 Å². The molecule has 0 saturated heterocycles. The molecular formula is C9H11N2S+. The minimum atomic E-state index is 0.930. The van der Waals surface area contributed by atoms with E-state index in [4.69, 9.17) is 0 Å². The number of benzene rings is 1. The Morgan fingerprint density at radius 3 is 3.08 bits per heavy atom. The maximum atomic E-state index is 3.32. The van der Waals surface area contributed by atoms with E-state index in [1.54, 1.807) is 11.8 Å². The molecule has 1 aliphatic rings. The molecule has 0 atom stereocenters. The van der Waals surface area contributed by atoms with Crippen molar-refractivity contribution in [3.8, 4) is 0 Å². The van der Waals surface area contributed by atoms with Crippen LogP contribution in [0.5, 0.6) is 0 Å². The van der Waals surface area contributed by atoms with Crippen molar-refractivity contribution in [2.75, 3.05) is 11.6 Å². The van der Waals surface area contributed by atoms with Gasteiger partial charge in [-0.3, -0.25) is 4.99 Å². The highest BCUT2D eigenvalue weighted by atomic mass is 32.2. The standard InChI is InChI=1S/C9H10N2S/c1-12-9-10-6-7-4-2-3-5-8(7)11-9/h2-5H,6H2,1H3,(H,10,11)/p+1. The van der Waals surface area contributed by atoms with Gasteiger partial charge in [-0.05, 0) is 24.1 Å². The Hall–Kier alpha value is -0.960. The van der Waals surface area contributed by atoms with Crippen molar-refractivity contribution in [1.29, 1.82) is 0 Å². The Labute approximate surface area is 76.1 Å². The average molecular weight is 179 g/mol. The smallest absolute Gasteiger partial charge is 0.264 e. The fourth-order valence-corrected chi connectivity index (χ4v) is 1.69. The maximum Gasteiger partial charge on any atom is 0.309 e. The first-order valence-electron chi connectivity index (χ1n) is 3.90. The Kier molecular flexibility index (Phi) is 2.04. The molecule has 0 fully saturated rings. The van der Waals surface area contributed by atoms with Crippen LogP contribution in [0.1, 0.15) is 5.56 Å². The number of amidine groups is 1. The van der Waals surface area contributed by atoms with Crippen molar-refractivity contribution >= 4 is 22.6 Å². The van der Waals surface area contributed by atoms with Gasteiger partial charge in [0, 0.05) is 5.56 Å². The summed E-state index contributed by atoms with van der Waals surface area (Å²) in [5, 5.41) is 4.45. The monoisotopic (exact) mass is 179 g/mol. The third-order valence-electron chi connectivity index (χ3n) is 1.91. The highest BCUT2D eigenvalue weighted by Crippen LogP contribution is 2.16. The van der Waals surface area contributed by atoms with Crippen LogP contribution in [0.3, 0.4) is 0 Å². The molecule has 0 bridgehead atoms. The van der Waals surface area contributed by atoms with Crippen LogP contribution in [0.25, 0.3) is 0 Å². The predicted molar refractivity (Wildman–Crippen MR) is 53.3 cm³/mol. The zero-order valence-electron chi connectivity index (χ0n) is 6.92. The second-order valence-electron chi connectivity index (χ2n) is 2.67. The van der Waals surface area contributed by atoms with Crippen molar-refractivity contribution < 1.29 is 4.99 Å². The summed E-state index contributed by atoms with van der Waals surface area (Å²) in [6.07, 6.45) is 2.06. The SMILES string of the molecule is CSC1=[NH+]Cc2ccccc2N1. The fourth-order valence-electron chi connectivity index (χ4n) is 1.26. The lowest BCUT2D eigenvalue weighted by Gasteiger charge is -2.09. The molecule has 2 rings (SSSR count). The minimum Gasteiger partial charge on any atom is -0.264 e. The quantitative estimate of drug-likeness (QED) is 0.603. The molecule has 0 aromatic heterocycles. The van der Waals surface area contributed by atoms with E-state index in [-0.39, 0.29) is 0 Å². The molecule has 3 heteroatoms. The van der Waals surface area contributed by atoms with E-state index in [9.17, 15) is 0 Å². The summed E-state index contributed by atoms with van der Waals surface area (Å²) in [5.74, 6) is 0. The second kappa shape index (κ2) is 3.19. The van der Waals surface area contributed by atoms with Crippen LogP contribution in [0.2, 0.25) is 0 Å². The van der Waals surface area contributed by atoms with Crippen LogP contribution in [0.4, 0.5) is 5.69 Å². The number of hydrogen-bond acceptors (Lipinski definition) is 2. The van der Waals surface area contributed by atoms with Crippen LogP contribution >= 0.6 is 11.8 Å². The molecular weight excluding hydrogens is 168 g/mol. The van der Waals surface area contributed by atoms with Crippen LogP contribution < -0.4 is 10.3 Å². The van der Waals surface area contributed by atoms with E-state index >= 15 is 0 Å². The van der Waals surface area contributed by atoms with E-state index in [0.717, 1.165) is 11.7 Å². The first-order chi connectivity index (χ1) is 5.90. The molecule has 0 saturated carbocycles. The van der Waals surface area contributed by atoms with Gasteiger partial charge in [-0.15, -0.1) is 0 Å². The van der Waals surface area contributed by atoms with Gasteiger partial charge in [-0.1, -0.05) is 18.2 Å². The van der Waals surface area contributed by atoms with Crippen LogP contribution in [-0.4, -0.2) is 11.4 Å². The lowest BCUT2D eigenvalue weighted by molar-refractivity contribution is -0.473.